The smallest absolute Gasteiger partial charge is 0.0870 e. The molecule has 0 bridgehead atoms. The van der Waals surface area contributed by atoms with E-state index in [-0.39, 0.29) is 5.92 Å². The van der Waals surface area contributed by atoms with Crippen molar-refractivity contribution in [3.8, 4) is 0 Å². The summed E-state index contributed by atoms with van der Waals surface area (Å²) < 4.78 is 0. The molecule has 21 heavy (non-hydrogen) atoms. The number of benzene rings is 2. The van der Waals surface area contributed by atoms with E-state index in [2.05, 4.69) is 49.4 Å². The van der Waals surface area contributed by atoms with E-state index in [1.807, 2.05) is 0 Å². The van der Waals surface area contributed by atoms with E-state index < -0.39 is 6.10 Å². The summed E-state index contributed by atoms with van der Waals surface area (Å²) in [5.74, 6) is -0.0509. The van der Waals surface area contributed by atoms with E-state index >= 15 is 0 Å². The number of nitrogens with two attached hydrogens (primary N) is 1. The van der Waals surface area contributed by atoms with Gasteiger partial charge in [0, 0.05) is 12.5 Å². The molecule has 0 aliphatic heterocycles. The fourth-order valence-corrected chi connectivity index (χ4v) is 3.27. The van der Waals surface area contributed by atoms with Gasteiger partial charge in [0.1, 0.15) is 0 Å². The molecule has 0 saturated heterocycles. The number of aryl methyl sites for hydroxylation is 3. The van der Waals surface area contributed by atoms with E-state index in [1.165, 1.54) is 29.5 Å². The number of rotatable bonds is 4. The highest BCUT2D eigenvalue weighted by Crippen LogP contribution is 2.33. The molecule has 0 fully saturated rings. The molecule has 0 radical (unpaired) electrons. The second-order valence-electron chi connectivity index (χ2n) is 6.08. The Hall–Kier alpha value is -1.64. The van der Waals surface area contributed by atoms with Gasteiger partial charge >= 0.3 is 0 Å². The molecule has 0 saturated carbocycles. The van der Waals surface area contributed by atoms with Gasteiger partial charge in [0.15, 0.2) is 0 Å². The van der Waals surface area contributed by atoms with E-state index in [0.717, 1.165) is 17.5 Å². The summed E-state index contributed by atoms with van der Waals surface area (Å²) in [6, 6.07) is 14.7. The van der Waals surface area contributed by atoms with Crippen molar-refractivity contribution in [3.05, 3.63) is 70.3 Å². The van der Waals surface area contributed by atoms with Crippen molar-refractivity contribution < 1.29 is 5.11 Å². The van der Waals surface area contributed by atoms with Gasteiger partial charge in [-0.15, -0.1) is 0 Å². The molecule has 2 aromatic carbocycles. The van der Waals surface area contributed by atoms with Crippen LogP contribution in [0.2, 0.25) is 0 Å². The maximum Gasteiger partial charge on any atom is 0.0870 e. The summed E-state index contributed by atoms with van der Waals surface area (Å²) in [5.41, 5.74) is 12.1. The Labute approximate surface area is 126 Å². The third-order valence-electron chi connectivity index (χ3n) is 4.60. The average Bonchev–Trinajstić information content (AvgIpc) is 2.97. The Balaban J connectivity index is 1.88. The summed E-state index contributed by atoms with van der Waals surface area (Å²) in [6.45, 7) is 2.51. The Morgan fingerprint density at radius 1 is 1.00 bits per heavy atom. The van der Waals surface area contributed by atoms with Gasteiger partial charge in [0.05, 0.1) is 6.10 Å². The molecule has 2 atom stereocenters. The van der Waals surface area contributed by atoms with Crippen molar-refractivity contribution in [1.82, 2.24) is 0 Å². The monoisotopic (exact) mass is 281 g/mol. The van der Waals surface area contributed by atoms with Crippen LogP contribution in [0.5, 0.6) is 0 Å². The van der Waals surface area contributed by atoms with Crippen LogP contribution in [0.4, 0.5) is 0 Å². The van der Waals surface area contributed by atoms with Crippen LogP contribution in [-0.4, -0.2) is 11.7 Å². The lowest BCUT2D eigenvalue weighted by atomic mass is 9.88. The van der Waals surface area contributed by atoms with Crippen molar-refractivity contribution in [2.24, 2.45) is 5.73 Å². The number of aliphatic hydroxyl groups excluding tert-OH is 1. The Morgan fingerprint density at radius 3 is 2.38 bits per heavy atom. The molecular formula is C19H23NO. The molecule has 0 heterocycles. The summed E-state index contributed by atoms with van der Waals surface area (Å²) in [4.78, 5) is 0. The van der Waals surface area contributed by atoms with Gasteiger partial charge in [0.2, 0.25) is 0 Å². The average molecular weight is 281 g/mol. The molecule has 2 aromatic rings. The normalized spacial score (nSPS) is 16.5. The summed E-state index contributed by atoms with van der Waals surface area (Å²) in [5, 5.41) is 10.8. The molecular weight excluding hydrogens is 258 g/mol. The summed E-state index contributed by atoms with van der Waals surface area (Å²) >= 11 is 0. The Bertz CT molecular complexity index is 618. The lowest BCUT2D eigenvalue weighted by molar-refractivity contribution is 0.147. The van der Waals surface area contributed by atoms with Gasteiger partial charge in [-0.3, -0.25) is 0 Å². The minimum atomic E-state index is -0.538. The van der Waals surface area contributed by atoms with Crippen LogP contribution in [0.3, 0.4) is 0 Å². The molecule has 1 aliphatic rings. The highest BCUT2D eigenvalue weighted by molar-refractivity contribution is 5.38. The van der Waals surface area contributed by atoms with E-state index in [0.29, 0.717) is 6.54 Å². The van der Waals surface area contributed by atoms with Gasteiger partial charge in [-0.05, 0) is 48.4 Å². The largest absolute Gasteiger partial charge is 0.388 e. The third-order valence-corrected chi connectivity index (χ3v) is 4.60. The van der Waals surface area contributed by atoms with E-state index in [4.69, 9.17) is 5.73 Å². The predicted molar refractivity (Wildman–Crippen MR) is 86.4 cm³/mol. The summed E-state index contributed by atoms with van der Waals surface area (Å²) in [6.07, 6.45) is 2.99. The zero-order valence-electron chi connectivity index (χ0n) is 12.5. The van der Waals surface area contributed by atoms with Gasteiger partial charge in [-0.25, -0.2) is 0 Å². The number of fused-ring (bicyclic) bond motifs is 1. The Kier molecular flexibility index (Phi) is 4.09. The quantitative estimate of drug-likeness (QED) is 0.903. The van der Waals surface area contributed by atoms with Crippen molar-refractivity contribution in [2.45, 2.75) is 38.2 Å². The van der Waals surface area contributed by atoms with Gasteiger partial charge in [-0.2, -0.15) is 0 Å². The SMILES string of the molecule is Cc1ccc(C(CN)C(O)c2ccc3c(c2)CCC3)cc1. The molecule has 2 unspecified atom stereocenters. The highest BCUT2D eigenvalue weighted by atomic mass is 16.3. The van der Waals surface area contributed by atoms with Gasteiger partial charge in [0.25, 0.3) is 0 Å². The molecule has 3 N–H and O–H groups in total. The van der Waals surface area contributed by atoms with Crippen molar-refractivity contribution in [1.29, 1.82) is 0 Å². The standard InChI is InChI=1S/C19H23NO/c1-13-5-7-15(8-6-13)18(12-20)19(21)17-10-9-14-3-2-4-16(14)11-17/h5-11,18-19,21H,2-4,12,20H2,1H3. The maximum absolute atomic E-state index is 10.8. The first-order valence-electron chi connectivity index (χ1n) is 7.75. The van der Waals surface area contributed by atoms with Crippen LogP contribution in [0.25, 0.3) is 0 Å². The van der Waals surface area contributed by atoms with E-state index in [9.17, 15) is 5.11 Å². The minimum Gasteiger partial charge on any atom is -0.388 e. The van der Waals surface area contributed by atoms with E-state index in [1.54, 1.807) is 0 Å². The molecule has 110 valence electrons. The first kappa shape index (κ1) is 14.3. The first-order chi connectivity index (χ1) is 10.2. The van der Waals surface area contributed by atoms with Crippen LogP contribution in [0.1, 0.15) is 46.3 Å². The number of aliphatic hydroxyl groups is 1. The molecule has 1 aliphatic carbocycles. The predicted octanol–water partition coefficient (Wildman–Crippen LogP) is 3.26. The molecule has 3 rings (SSSR count). The van der Waals surface area contributed by atoms with Gasteiger partial charge in [-0.1, -0.05) is 48.0 Å². The zero-order chi connectivity index (χ0) is 14.8. The van der Waals surface area contributed by atoms with Crippen LogP contribution >= 0.6 is 0 Å². The number of hydrogen-bond acceptors (Lipinski definition) is 2. The summed E-state index contributed by atoms with van der Waals surface area (Å²) in [7, 11) is 0. The van der Waals surface area contributed by atoms with Crippen molar-refractivity contribution in [2.75, 3.05) is 6.54 Å². The second kappa shape index (κ2) is 6.00. The Morgan fingerprint density at radius 2 is 1.67 bits per heavy atom. The molecule has 2 nitrogen and oxygen atoms in total. The molecule has 2 heteroatoms. The van der Waals surface area contributed by atoms with Crippen molar-refractivity contribution >= 4 is 0 Å². The fourth-order valence-electron chi connectivity index (χ4n) is 3.27. The lowest BCUT2D eigenvalue weighted by Crippen LogP contribution is -2.20. The number of hydrogen-bond donors (Lipinski definition) is 2. The van der Waals surface area contributed by atoms with Crippen LogP contribution in [0, 0.1) is 6.92 Å². The highest BCUT2D eigenvalue weighted by Gasteiger charge is 2.23. The fraction of sp³-hybridized carbons (Fsp3) is 0.368. The molecule has 0 aromatic heterocycles. The lowest BCUT2D eigenvalue weighted by Gasteiger charge is -2.23. The van der Waals surface area contributed by atoms with Crippen LogP contribution in [-0.2, 0) is 12.8 Å². The zero-order valence-corrected chi connectivity index (χ0v) is 12.5. The van der Waals surface area contributed by atoms with Crippen LogP contribution < -0.4 is 5.73 Å². The second-order valence-corrected chi connectivity index (χ2v) is 6.08. The third kappa shape index (κ3) is 2.87. The first-order valence-corrected chi connectivity index (χ1v) is 7.75. The molecule has 0 spiro atoms. The van der Waals surface area contributed by atoms with Gasteiger partial charge < -0.3 is 10.8 Å². The maximum atomic E-state index is 10.8. The van der Waals surface area contributed by atoms with Crippen molar-refractivity contribution in [3.63, 3.8) is 0 Å². The van der Waals surface area contributed by atoms with Crippen LogP contribution in [0.15, 0.2) is 42.5 Å². The topological polar surface area (TPSA) is 46.2 Å². The molecule has 0 amide bonds. The minimum absolute atomic E-state index is 0.0509.